The fourth-order valence-electron chi connectivity index (χ4n) is 3.46. The molecule has 0 aromatic carbocycles. The smallest absolute Gasteiger partial charge is 0.192 e. The molecule has 0 amide bonds. The molecule has 2 rings (SSSR count). The largest absolute Gasteiger partial charge is 0.598 e. The molecule has 1 atom stereocenters. The van der Waals surface area contributed by atoms with Gasteiger partial charge >= 0.3 is 0 Å². The molecular formula is C21H36BrFN2O2SSi. The van der Waals surface area contributed by atoms with E-state index in [0.717, 1.165) is 0 Å². The monoisotopic (exact) mass is 506 g/mol. The molecule has 166 valence electrons. The summed E-state index contributed by atoms with van der Waals surface area (Å²) < 4.78 is 37.6. The van der Waals surface area contributed by atoms with Crippen LogP contribution in [-0.4, -0.2) is 29.2 Å². The van der Waals surface area contributed by atoms with Gasteiger partial charge in [-0.1, -0.05) is 27.7 Å². The van der Waals surface area contributed by atoms with Gasteiger partial charge in [0.1, 0.15) is 21.8 Å². The Morgan fingerprint density at radius 3 is 2.28 bits per heavy atom. The molecule has 1 N–H and O–H groups in total. The van der Waals surface area contributed by atoms with Gasteiger partial charge in [0.05, 0.1) is 0 Å². The maximum Gasteiger partial charge on any atom is 0.192 e. The Morgan fingerprint density at radius 1 is 1.28 bits per heavy atom. The lowest BCUT2D eigenvalue weighted by Crippen LogP contribution is -2.63. The van der Waals surface area contributed by atoms with Gasteiger partial charge < -0.3 is 8.98 Å². The summed E-state index contributed by atoms with van der Waals surface area (Å²) in [6.45, 7) is 19.7. The average molecular weight is 508 g/mol. The van der Waals surface area contributed by atoms with Crippen molar-refractivity contribution in [1.82, 2.24) is 9.71 Å². The fourth-order valence-corrected chi connectivity index (χ4v) is 5.81. The van der Waals surface area contributed by atoms with Gasteiger partial charge in [-0.15, -0.1) is 4.72 Å². The molecule has 29 heavy (non-hydrogen) atoms. The third-order valence-corrected chi connectivity index (χ3v) is 12.8. The van der Waals surface area contributed by atoms with Crippen LogP contribution in [0.5, 0.6) is 0 Å². The van der Waals surface area contributed by atoms with E-state index >= 15 is 0 Å². The second-order valence-electron chi connectivity index (χ2n) is 11.3. The molecular weight excluding hydrogens is 471 g/mol. The first kappa shape index (κ1) is 25.3. The predicted molar refractivity (Wildman–Crippen MR) is 125 cm³/mol. The average Bonchev–Trinajstić information content (AvgIpc) is 2.49. The topological polar surface area (TPSA) is 57.2 Å². The van der Waals surface area contributed by atoms with E-state index in [1.54, 1.807) is 6.20 Å². The molecule has 0 spiro atoms. The second kappa shape index (κ2) is 8.17. The highest BCUT2D eigenvalue weighted by Crippen LogP contribution is 2.55. The van der Waals surface area contributed by atoms with Crippen molar-refractivity contribution in [3.63, 3.8) is 0 Å². The van der Waals surface area contributed by atoms with E-state index in [-0.39, 0.29) is 16.3 Å². The third kappa shape index (κ3) is 5.63. The van der Waals surface area contributed by atoms with E-state index < -0.39 is 30.0 Å². The summed E-state index contributed by atoms with van der Waals surface area (Å²) in [5, 5.41) is 0.134. The van der Waals surface area contributed by atoms with Crippen molar-refractivity contribution < 1.29 is 13.4 Å². The zero-order chi connectivity index (χ0) is 22.5. The SMILES string of the molecule is CC(C)(C)[S@+]([O-])N[C@]1(c2ncc(Br)cc2F)C[C@](C)(CO[Si](C)(C)C(C)(C)C)C1. The minimum Gasteiger partial charge on any atom is -0.598 e. The van der Waals surface area contributed by atoms with E-state index in [2.05, 4.69) is 66.4 Å². The van der Waals surface area contributed by atoms with Crippen LogP contribution in [0.15, 0.2) is 16.7 Å². The van der Waals surface area contributed by atoms with Gasteiger partial charge in [0.2, 0.25) is 0 Å². The Balaban J connectivity index is 2.26. The summed E-state index contributed by atoms with van der Waals surface area (Å²) in [6, 6.07) is 1.42. The fraction of sp³-hybridized carbons (Fsp3) is 0.762. The summed E-state index contributed by atoms with van der Waals surface area (Å²) in [5.41, 5.74) is -0.539. The molecule has 1 fully saturated rings. The van der Waals surface area contributed by atoms with Crippen molar-refractivity contribution in [3.05, 3.63) is 28.2 Å². The maximum atomic E-state index is 14.8. The zero-order valence-corrected chi connectivity index (χ0v) is 22.6. The zero-order valence-electron chi connectivity index (χ0n) is 19.2. The standard InChI is InChI=1S/C21H36BrFN2O2SSi/c1-18(2,3)28(26)25-21(17-16(23)10-15(22)11-24-17)12-20(7,13-21)14-27-29(8,9)19(4,5)6/h10-11,25H,12-14H2,1-9H3/t20-,21+,28-/m0/s1. The summed E-state index contributed by atoms with van der Waals surface area (Å²) in [6.07, 6.45) is 2.85. The van der Waals surface area contributed by atoms with E-state index in [1.807, 2.05) is 20.8 Å². The van der Waals surface area contributed by atoms with Crippen molar-refractivity contribution >= 4 is 35.6 Å². The molecule has 0 bridgehead atoms. The molecule has 0 saturated heterocycles. The van der Waals surface area contributed by atoms with Gasteiger partial charge in [-0.3, -0.25) is 4.98 Å². The summed E-state index contributed by atoms with van der Waals surface area (Å²) in [5.74, 6) is -0.384. The molecule has 1 aliphatic rings. The van der Waals surface area contributed by atoms with Crippen molar-refractivity contribution in [2.45, 2.75) is 89.7 Å². The number of hydrogen-bond donors (Lipinski definition) is 1. The summed E-state index contributed by atoms with van der Waals surface area (Å²) in [7, 11) is -1.88. The molecule has 1 aromatic heterocycles. The van der Waals surface area contributed by atoms with Gasteiger partial charge in [0.25, 0.3) is 0 Å². The van der Waals surface area contributed by atoms with Crippen LogP contribution in [0, 0.1) is 11.2 Å². The van der Waals surface area contributed by atoms with E-state index in [0.29, 0.717) is 29.6 Å². The number of hydrogen-bond acceptors (Lipinski definition) is 4. The lowest BCUT2D eigenvalue weighted by molar-refractivity contribution is -0.0194. The van der Waals surface area contributed by atoms with Crippen LogP contribution >= 0.6 is 15.9 Å². The Morgan fingerprint density at radius 2 is 1.83 bits per heavy atom. The van der Waals surface area contributed by atoms with Gasteiger partial charge in [-0.05, 0) is 79.2 Å². The number of halogens is 2. The van der Waals surface area contributed by atoms with E-state index in [4.69, 9.17) is 4.43 Å². The van der Waals surface area contributed by atoms with Crippen LogP contribution in [-0.2, 0) is 21.3 Å². The first-order valence-corrected chi connectivity index (χ1v) is 14.9. The minimum atomic E-state index is -1.88. The molecule has 8 heteroatoms. The van der Waals surface area contributed by atoms with Gasteiger partial charge in [0, 0.05) is 28.6 Å². The predicted octanol–water partition coefficient (Wildman–Crippen LogP) is 6.05. The van der Waals surface area contributed by atoms with Crippen LogP contribution in [0.4, 0.5) is 4.39 Å². The minimum absolute atomic E-state index is 0.119. The van der Waals surface area contributed by atoms with Crippen LogP contribution in [0.25, 0.3) is 0 Å². The first-order valence-electron chi connectivity index (χ1n) is 10.1. The quantitative estimate of drug-likeness (QED) is 0.376. The van der Waals surface area contributed by atoms with E-state index in [1.165, 1.54) is 6.07 Å². The van der Waals surface area contributed by atoms with Crippen molar-refractivity contribution in [3.8, 4) is 0 Å². The lowest BCUT2D eigenvalue weighted by atomic mass is 9.57. The first-order chi connectivity index (χ1) is 12.9. The number of pyridine rings is 1. The van der Waals surface area contributed by atoms with Crippen LogP contribution in [0.1, 0.15) is 67.0 Å². The number of nitrogens with one attached hydrogen (secondary N) is 1. The lowest BCUT2D eigenvalue weighted by Gasteiger charge is -2.55. The highest BCUT2D eigenvalue weighted by atomic mass is 79.9. The second-order valence-corrected chi connectivity index (χ2v) is 19.0. The van der Waals surface area contributed by atoms with Crippen molar-refractivity contribution in [2.24, 2.45) is 5.41 Å². The molecule has 1 heterocycles. The summed E-state index contributed by atoms with van der Waals surface area (Å²) >= 11 is 1.94. The molecule has 0 radical (unpaired) electrons. The van der Waals surface area contributed by atoms with Gasteiger partial charge in [0.15, 0.2) is 8.32 Å². The molecule has 4 nitrogen and oxygen atoms in total. The molecule has 1 saturated carbocycles. The molecule has 1 aromatic rings. The van der Waals surface area contributed by atoms with Crippen LogP contribution < -0.4 is 4.72 Å². The third-order valence-electron chi connectivity index (χ3n) is 6.15. The number of aromatic nitrogens is 1. The van der Waals surface area contributed by atoms with Crippen LogP contribution in [0.2, 0.25) is 18.1 Å². The highest BCUT2D eigenvalue weighted by Gasteiger charge is 2.59. The van der Waals surface area contributed by atoms with Crippen LogP contribution in [0.3, 0.4) is 0 Å². The van der Waals surface area contributed by atoms with Crippen molar-refractivity contribution in [1.29, 1.82) is 0 Å². The van der Waals surface area contributed by atoms with Gasteiger partial charge in [-0.2, -0.15) is 0 Å². The Hall–Kier alpha value is 0.00688. The van der Waals surface area contributed by atoms with Crippen molar-refractivity contribution in [2.75, 3.05) is 6.61 Å². The molecule has 0 unspecified atom stereocenters. The highest BCUT2D eigenvalue weighted by molar-refractivity contribution is 9.10. The maximum absolute atomic E-state index is 14.8. The molecule has 0 aliphatic heterocycles. The normalized spacial score (nSPS) is 26.9. The summed E-state index contributed by atoms with van der Waals surface area (Å²) in [4.78, 5) is 4.37. The Bertz CT molecular complexity index is 743. The number of nitrogens with zero attached hydrogens (tertiary/aromatic N) is 1. The Kier molecular flexibility index (Phi) is 7.12. The van der Waals surface area contributed by atoms with E-state index in [9.17, 15) is 8.94 Å². The Labute approximate surface area is 188 Å². The molecule has 1 aliphatic carbocycles. The number of rotatable bonds is 6. The van der Waals surface area contributed by atoms with Gasteiger partial charge in [-0.25, -0.2) is 4.39 Å².